The zero-order chi connectivity index (χ0) is 21.3. The Hall–Kier alpha value is -1.99. The SMILES string of the molecule is CNC(=O)c1cc(Cl)cc(C)c1NC(=O)c1cc(Br)cn1-c1c(Cl)cccc1Cl. The van der Waals surface area contributed by atoms with E-state index in [0.717, 1.165) is 0 Å². The first-order valence-corrected chi connectivity index (χ1v) is 10.3. The average molecular weight is 516 g/mol. The summed E-state index contributed by atoms with van der Waals surface area (Å²) in [4.78, 5) is 25.4. The van der Waals surface area contributed by atoms with Crippen molar-refractivity contribution in [2.45, 2.75) is 6.92 Å². The molecule has 0 saturated carbocycles. The molecule has 0 saturated heterocycles. The zero-order valence-corrected chi connectivity index (χ0v) is 19.2. The fraction of sp³-hybridized carbons (Fsp3) is 0.100. The highest BCUT2D eigenvalue weighted by atomic mass is 79.9. The zero-order valence-electron chi connectivity index (χ0n) is 15.3. The lowest BCUT2D eigenvalue weighted by molar-refractivity contribution is 0.0964. The van der Waals surface area contributed by atoms with E-state index in [4.69, 9.17) is 34.8 Å². The van der Waals surface area contributed by atoms with Crippen LogP contribution in [0.2, 0.25) is 15.1 Å². The number of nitrogens with one attached hydrogen (secondary N) is 2. The van der Waals surface area contributed by atoms with Gasteiger partial charge in [-0.2, -0.15) is 0 Å². The molecule has 0 aliphatic heterocycles. The van der Waals surface area contributed by atoms with Crippen LogP contribution in [0.3, 0.4) is 0 Å². The Morgan fingerprint density at radius 1 is 1.03 bits per heavy atom. The largest absolute Gasteiger partial charge is 0.355 e. The summed E-state index contributed by atoms with van der Waals surface area (Å²) in [7, 11) is 1.51. The van der Waals surface area contributed by atoms with Gasteiger partial charge in [-0.3, -0.25) is 9.59 Å². The summed E-state index contributed by atoms with van der Waals surface area (Å²) in [6.07, 6.45) is 1.69. The number of aromatic nitrogens is 1. The summed E-state index contributed by atoms with van der Waals surface area (Å²) >= 11 is 22.1. The molecule has 3 aromatic rings. The molecule has 9 heteroatoms. The van der Waals surface area contributed by atoms with Gasteiger partial charge in [-0.15, -0.1) is 0 Å². The van der Waals surface area contributed by atoms with E-state index >= 15 is 0 Å². The summed E-state index contributed by atoms with van der Waals surface area (Å²) in [5.41, 5.74) is 2.04. The van der Waals surface area contributed by atoms with E-state index in [9.17, 15) is 9.59 Å². The van der Waals surface area contributed by atoms with Crippen LogP contribution in [0.4, 0.5) is 5.69 Å². The van der Waals surface area contributed by atoms with Crippen LogP contribution in [0.5, 0.6) is 0 Å². The maximum absolute atomic E-state index is 13.1. The number of halogens is 4. The first-order valence-electron chi connectivity index (χ1n) is 8.38. The van der Waals surface area contributed by atoms with Crippen LogP contribution in [0.25, 0.3) is 5.69 Å². The molecule has 0 radical (unpaired) electrons. The molecule has 0 aliphatic carbocycles. The lowest BCUT2D eigenvalue weighted by Gasteiger charge is -2.16. The van der Waals surface area contributed by atoms with Crippen molar-refractivity contribution in [1.82, 2.24) is 9.88 Å². The second-order valence-electron chi connectivity index (χ2n) is 6.16. The molecule has 0 aliphatic rings. The monoisotopic (exact) mass is 513 g/mol. The molecule has 3 rings (SSSR count). The first kappa shape index (κ1) is 21.7. The predicted octanol–water partition coefficient (Wildman–Crippen LogP) is 6.12. The van der Waals surface area contributed by atoms with Crippen LogP contribution in [-0.2, 0) is 0 Å². The number of benzene rings is 2. The van der Waals surface area contributed by atoms with Crippen molar-refractivity contribution in [3.63, 3.8) is 0 Å². The highest BCUT2D eigenvalue weighted by Gasteiger charge is 2.21. The minimum Gasteiger partial charge on any atom is -0.355 e. The molecule has 2 aromatic carbocycles. The van der Waals surface area contributed by atoms with Crippen molar-refractivity contribution < 1.29 is 9.59 Å². The van der Waals surface area contributed by atoms with Crippen molar-refractivity contribution >= 4 is 68.2 Å². The van der Waals surface area contributed by atoms with Gasteiger partial charge in [0.25, 0.3) is 11.8 Å². The Morgan fingerprint density at radius 2 is 1.69 bits per heavy atom. The highest BCUT2D eigenvalue weighted by Crippen LogP contribution is 2.32. The van der Waals surface area contributed by atoms with Gasteiger partial charge < -0.3 is 15.2 Å². The quantitative estimate of drug-likeness (QED) is 0.440. The lowest BCUT2D eigenvalue weighted by Crippen LogP contribution is -2.23. The van der Waals surface area contributed by atoms with Gasteiger partial charge in [-0.1, -0.05) is 40.9 Å². The lowest BCUT2D eigenvalue weighted by atomic mass is 10.1. The van der Waals surface area contributed by atoms with Crippen LogP contribution in [0, 0.1) is 6.92 Å². The third kappa shape index (κ3) is 4.46. The average Bonchev–Trinajstić information content (AvgIpc) is 3.04. The first-order chi connectivity index (χ1) is 13.7. The smallest absolute Gasteiger partial charge is 0.272 e. The molecule has 2 amide bonds. The Morgan fingerprint density at radius 3 is 2.31 bits per heavy atom. The van der Waals surface area contributed by atoms with Crippen molar-refractivity contribution in [1.29, 1.82) is 0 Å². The Balaban J connectivity index is 2.08. The van der Waals surface area contributed by atoms with E-state index in [0.29, 0.717) is 36.5 Å². The van der Waals surface area contributed by atoms with Crippen molar-refractivity contribution in [2.24, 2.45) is 0 Å². The van der Waals surface area contributed by atoms with Crippen LogP contribution < -0.4 is 10.6 Å². The molecule has 1 heterocycles. The topological polar surface area (TPSA) is 63.1 Å². The molecule has 0 bridgehead atoms. The number of carbonyl (C=O) groups is 2. The minimum absolute atomic E-state index is 0.263. The number of nitrogens with zero attached hydrogens (tertiary/aromatic N) is 1. The number of carbonyl (C=O) groups excluding carboxylic acids is 2. The maximum atomic E-state index is 13.1. The number of hydrogen-bond acceptors (Lipinski definition) is 2. The normalized spacial score (nSPS) is 10.7. The molecule has 5 nitrogen and oxygen atoms in total. The van der Waals surface area contributed by atoms with Gasteiger partial charge in [0.2, 0.25) is 0 Å². The van der Waals surface area contributed by atoms with Gasteiger partial charge in [-0.25, -0.2) is 0 Å². The summed E-state index contributed by atoms with van der Waals surface area (Å²) in [5, 5.41) is 6.54. The Bertz CT molecular complexity index is 1110. The van der Waals surface area contributed by atoms with Gasteiger partial charge in [-0.05, 0) is 58.7 Å². The third-order valence-corrected chi connectivity index (χ3v) is 5.47. The molecule has 0 fully saturated rings. The maximum Gasteiger partial charge on any atom is 0.272 e. The summed E-state index contributed by atoms with van der Waals surface area (Å²) < 4.78 is 2.26. The van der Waals surface area contributed by atoms with Crippen LogP contribution in [0.1, 0.15) is 26.4 Å². The van der Waals surface area contributed by atoms with Crippen molar-refractivity contribution in [2.75, 3.05) is 12.4 Å². The number of rotatable bonds is 4. The van der Waals surface area contributed by atoms with Crippen LogP contribution in [0.15, 0.2) is 47.1 Å². The second-order valence-corrected chi connectivity index (χ2v) is 8.33. The number of amides is 2. The van der Waals surface area contributed by atoms with Gasteiger partial charge in [0.15, 0.2) is 0 Å². The number of hydrogen-bond donors (Lipinski definition) is 2. The highest BCUT2D eigenvalue weighted by molar-refractivity contribution is 9.10. The number of aryl methyl sites for hydroxylation is 1. The van der Waals surface area contributed by atoms with Crippen molar-refractivity contribution in [3.05, 3.63) is 79.0 Å². The number of anilines is 1. The molecule has 0 spiro atoms. The summed E-state index contributed by atoms with van der Waals surface area (Å²) in [5.74, 6) is -0.807. The minimum atomic E-state index is -0.442. The van der Waals surface area contributed by atoms with Crippen LogP contribution >= 0.6 is 50.7 Å². The second kappa shape index (κ2) is 8.79. The molecule has 0 atom stereocenters. The Kier molecular flexibility index (Phi) is 6.58. The van der Waals surface area contributed by atoms with E-state index in [2.05, 4.69) is 26.6 Å². The van der Waals surface area contributed by atoms with E-state index in [1.807, 2.05) is 0 Å². The van der Waals surface area contributed by atoms with E-state index < -0.39 is 5.91 Å². The van der Waals surface area contributed by atoms with Crippen LogP contribution in [-0.4, -0.2) is 23.4 Å². The third-order valence-electron chi connectivity index (χ3n) is 4.21. The molecular weight excluding hydrogens is 501 g/mol. The van der Waals surface area contributed by atoms with Gasteiger partial charge in [0.1, 0.15) is 5.69 Å². The molecule has 1 aromatic heterocycles. The van der Waals surface area contributed by atoms with Crippen molar-refractivity contribution in [3.8, 4) is 5.69 Å². The van der Waals surface area contributed by atoms with E-state index in [-0.39, 0.29) is 17.2 Å². The standard InChI is InChI=1S/C20H15BrCl3N3O2/c1-10-6-12(22)8-13(19(28)25-2)17(10)26-20(29)16-7-11(21)9-27(16)18-14(23)4-3-5-15(18)24/h3-9H,1-2H3,(H,25,28)(H,26,29). The molecule has 0 unspecified atom stereocenters. The molecule has 150 valence electrons. The molecule has 29 heavy (non-hydrogen) atoms. The Labute approximate surface area is 191 Å². The summed E-state index contributed by atoms with van der Waals surface area (Å²) in [6, 6.07) is 9.90. The fourth-order valence-corrected chi connectivity index (χ4v) is 4.18. The predicted molar refractivity (Wildman–Crippen MR) is 121 cm³/mol. The summed E-state index contributed by atoms with van der Waals surface area (Å²) in [6.45, 7) is 1.76. The molecule has 2 N–H and O–H groups in total. The van der Waals surface area contributed by atoms with Gasteiger partial charge >= 0.3 is 0 Å². The van der Waals surface area contributed by atoms with Gasteiger partial charge in [0, 0.05) is 22.7 Å². The fourth-order valence-electron chi connectivity index (χ4n) is 2.91. The van der Waals surface area contributed by atoms with E-state index in [1.54, 1.807) is 48.0 Å². The van der Waals surface area contributed by atoms with Gasteiger partial charge in [0.05, 0.1) is 27.0 Å². The number of para-hydroxylation sites is 1. The van der Waals surface area contributed by atoms with E-state index in [1.165, 1.54) is 13.1 Å². The molecular formula is C20H15BrCl3N3O2.